The van der Waals surface area contributed by atoms with Crippen molar-refractivity contribution in [3.8, 4) is 11.5 Å². The van der Waals surface area contributed by atoms with E-state index < -0.39 is 17.0 Å². The molecule has 3 rings (SSSR count). The molecule has 1 atom stereocenters. The number of nitro benzene ring substituents is 1. The highest BCUT2D eigenvalue weighted by Crippen LogP contribution is 2.26. The first kappa shape index (κ1) is 17.7. The molecule has 0 bridgehead atoms. The molecule has 0 unspecified atom stereocenters. The number of carbonyl (C=O) groups excluding carboxylic acids is 1. The monoisotopic (exact) mass is 374 g/mol. The van der Waals surface area contributed by atoms with Crippen LogP contribution in [0.3, 0.4) is 0 Å². The van der Waals surface area contributed by atoms with Gasteiger partial charge in [0.15, 0.2) is 6.10 Å². The van der Waals surface area contributed by atoms with Gasteiger partial charge in [-0.25, -0.2) is 9.78 Å². The summed E-state index contributed by atoms with van der Waals surface area (Å²) >= 11 is 1.26. The second-order valence-corrected chi connectivity index (χ2v) is 6.65. The zero-order valence-electron chi connectivity index (χ0n) is 14.1. The van der Waals surface area contributed by atoms with E-state index in [1.807, 2.05) is 6.92 Å². The summed E-state index contributed by atoms with van der Waals surface area (Å²) in [7, 11) is 0. The summed E-state index contributed by atoms with van der Waals surface area (Å²) in [4.78, 5) is 27.1. The summed E-state index contributed by atoms with van der Waals surface area (Å²) in [5, 5.41) is 19.2. The van der Waals surface area contributed by atoms with Crippen LogP contribution in [0.4, 0.5) is 5.69 Å². The van der Waals surface area contributed by atoms with Crippen LogP contribution in [0.1, 0.15) is 39.3 Å². The minimum Gasteiger partial charge on any atom is -0.448 e. The Morgan fingerprint density at radius 3 is 2.54 bits per heavy atom. The van der Waals surface area contributed by atoms with Crippen molar-refractivity contribution in [2.45, 2.75) is 26.9 Å². The van der Waals surface area contributed by atoms with E-state index in [9.17, 15) is 14.9 Å². The van der Waals surface area contributed by atoms with E-state index in [0.717, 1.165) is 5.01 Å². The first-order valence-corrected chi connectivity index (χ1v) is 8.40. The van der Waals surface area contributed by atoms with Gasteiger partial charge >= 0.3 is 5.97 Å². The number of nitrogens with zero attached hydrogens (tertiary/aromatic N) is 4. The van der Waals surface area contributed by atoms with Gasteiger partial charge in [-0.1, -0.05) is 0 Å². The number of ether oxygens (including phenoxy) is 1. The summed E-state index contributed by atoms with van der Waals surface area (Å²) in [5.74, 6) is -0.191. The average molecular weight is 374 g/mol. The van der Waals surface area contributed by atoms with Crippen molar-refractivity contribution in [3.63, 3.8) is 0 Å². The summed E-state index contributed by atoms with van der Waals surface area (Å²) in [5.41, 5.74) is 1.11. The molecular formula is C16H14N4O5S. The molecule has 2 heterocycles. The van der Waals surface area contributed by atoms with Crippen LogP contribution in [0.2, 0.25) is 0 Å². The number of benzene rings is 1. The van der Waals surface area contributed by atoms with Gasteiger partial charge in [-0.2, -0.15) is 0 Å². The van der Waals surface area contributed by atoms with Gasteiger partial charge in [-0.3, -0.25) is 10.1 Å². The Kier molecular flexibility index (Phi) is 4.76. The first-order chi connectivity index (χ1) is 12.3. The first-order valence-electron chi connectivity index (χ1n) is 7.58. The number of esters is 1. The third-order valence-electron chi connectivity index (χ3n) is 3.49. The van der Waals surface area contributed by atoms with E-state index >= 15 is 0 Å². The molecule has 0 N–H and O–H groups in total. The molecular weight excluding hydrogens is 360 g/mol. The lowest BCUT2D eigenvalue weighted by atomic mass is 10.2. The molecule has 0 aliphatic rings. The molecule has 10 heteroatoms. The third-order valence-corrected chi connectivity index (χ3v) is 4.54. The molecule has 0 aliphatic heterocycles. The van der Waals surface area contributed by atoms with Gasteiger partial charge in [0.05, 0.1) is 15.6 Å². The Hall–Kier alpha value is -3.14. The fourth-order valence-electron chi connectivity index (χ4n) is 2.23. The van der Waals surface area contributed by atoms with Gasteiger partial charge in [0.1, 0.15) is 4.88 Å². The van der Waals surface area contributed by atoms with Crippen LogP contribution in [0, 0.1) is 24.0 Å². The molecule has 2 aromatic heterocycles. The highest BCUT2D eigenvalue weighted by molar-refractivity contribution is 7.13. The highest BCUT2D eigenvalue weighted by atomic mass is 32.1. The minimum absolute atomic E-state index is 0.0361. The van der Waals surface area contributed by atoms with Crippen molar-refractivity contribution >= 4 is 23.0 Å². The molecule has 0 fully saturated rings. The maximum atomic E-state index is 12.2. The van der Waals surface area contributed by atoms with Gasteiger partial charge in [-0.05, 0) is 32.9 Å². The summed E-state index contributed by atoms with van der Waals surface area (Å²) in [6, 6.07) is 5.71. The molecule has 0 spiro atoms. The molecule has 9 nitrogen and oxygen atoms in total. The molecule has 0 saturated carbocycles. The molecule has 3 aromatic rings. The maximum Gasteiger partial charge on any atom is 0.351 e. The van der Waals surface area contributed by atoms with Crippen molar-refractivity contribution in [3.05, 3.63) is 55.8 Å². The molecule has 1 aromatic carbocycles. The van der Waals surface area contributed by atoms with E-state index in [2.05, 4.69) is 15.2 Å². The van der Waals surface area contributed by atoms with Crippen molar-refractivity contribution < 1.29 is 18.9 Å². The lowest BCUT2D eigenvalue weighted by Crippen LogP contribution is -2.09. The van der Waals surface area contributed by atoms with Crippen LogP contribution < -0.4 is 0 Å². The lowest BCUT2D eigenvalue weighted by molar-refractivity contribution is -0.384. The molecule has 134 valence electrons. The number of thiazole rings is 1. The highest BCUT2D eigenvalue weighted by Gasteiger charge is 2.23. The van der Waals surface area contributed by atoms with Gasteiger partial charge in [0.25, 0.3) is 11.6 Å². The number of aryl methyl sites for hydroxylation is 2. The summed E-state index contributed by atoms with van der Waals surface area (Å²) in [6.45, 7) is 5.17. The van der Waals surface area contributed by atoms with Crippen molar-refractivity contribution in [2.24, 2.45) is 0 Å². The van der Waals surface area contributed by atoms with Crippen LogP contribution in [-0.2, 0) is 4.74 Å². The van der Waals surface area contributed by atoms with Crippen LogP contribution in [0.15, 0.2) is 28.7 Å². The predicted molar refractivity (Wildman–Crippen MR) is 91.8 cm³/mol. The smallest absolute Gasteiger partial charge is 0.351 e. The number of hydrogen-bond acceptors (Lipinski definition) is 9. The Bertz CT molecular complexity index is 963. The van der Waals surface area contributed by atoms with Crippen LogP contribution >= 0.6 is 11.3 Å². The van der Waals surface area contributed by atoms with Crippen molar-refractivity contribution in [2.75, 3.05) is 0 Å². The normalized spacial score (nSPS) is 12.0. The predicted octanol–water partition coefficient (Wildman–Crippen LogP) is 3.64. The van der Waals surface area contributed by atoms with Crippen LogP contribution in [0.25, 0.3) is 11.5 Å². The van der Waals surface area contributed by atoms with Crippen molar-refractivity contribution in [1.82, 2.24) is 15.2 Å². The van der Waals surface area contributed by atoms with Crippen molar-refractivity contribution in [1.29, 1.82) is 0 Å². The lowest BCUT2D eigenvalue weighted by Gasteiger charge is -2.08. The molecule has 0 amide bonds. The second-order valence-electron chi connectivity index (χ2n) is 5.44. The van der Waals surface area contributed by atoms with Gasteiger partial charge in [-0.15, -0.1) is 21.5 Å². The zero-order valence-corrected chi connectivity index (χ0v) is 14.9. The largest absolute Gasteiger partial charge is 0.448 e. The quantitative estimate of drug-likeness (QED) is 0.377. The minimum atomic E-state index is -0.747. The zero-order chi connectivity index (χ0) is 18.8. The topological polar surface area (TPSA) is 121 Å². The number of non-ortho nitro benzene ring substituents is 1. The Balaban J connectivity index is 1.73. The van der Waals surface area contributed by atoms with E-state index in [0.29, 0.717) is 16.1 Å². The summed E-state index contributed by atoms with van der Waals surface area (Å²) < 4.78 is 10.9. The van der Waals surface area contributed by atoms with Gasteiger partial charge < -0.3 is 9.15 Å². The standard InChI is InChI=1S/C16H14N4O5S/c1-8-13(26-10(3)17-8)16(21)24-9(2)14-18-19-15(25-14)11-4-6-12(7-5-11)20(22)23/h4-7,9H,1-3H3/t9-/m1/s1. The Labute approximate surface area is 151 Å². The van der Waals surface area contributed by atoms with E-state index in [1.54, 1.807) is 13.8 Å². The van der Waals surface area contributed by atoms with E-state index in [-0.39, 0.29) is 17.5 Å². The molecule has 0 radical (unpaired) electrons. The molecule has 26 heavy (non-hydrogen) atoms. The number of rotatable bonds is 5. The van der Waals surface area contributed by atoms with Gasteiger partial charge in [0, 0.05) is 17.7 Å². The Morgan fingerprint density at radius 1 is 1.27 bits per heavy atom. The van der Waals surface area contributed by atoms with Gasteiger partial charge in [0.2, 0.25) is 5.89 Å². The Morgan fingerprint density at radius 2 is 1.96 bits per heavy atom. The fourth-order valence-corrected chi connectivity index (χ4v) is 3.03. The van der Waals surface area contributed by atoms with E-state index in [1.165, 1.54) is 35.6 Å². The maximum absolute atomic E-state index is 12.2. The van der Waals surface area contributed by atoms with Crippen LogP contribution in [-0.4, -0.2) is 26.1 Å². The van der Waals surface area contributed by atoms with Crippen LogP contribution in [0.5, 0.6) is 0 Å². The molecule has 0 aliphatic carbocycles. The number of hydrogen-bond donors (Lipinski definition) is 0. The number of aromatic nitrogens is 3. The third kappa shape index (κ3) is 3.59. The number of carbonyl (C=O) groups is 1. The second kappa shape index (κ2) is 7.00. The average Bonchev–Trinajstić information content (AvgIpc) is 3.21. The fraction of sp³-hybridized carbons (Fsp3) is 0.250. The van der Waals surface area contributed by atoms with E-state index in [4.69, 9.17) is 9.15 Å². The SMILES string of the molecule is Cc1nc(C)c(C(=O)O[C@H](C)c2nnc(-c3ccc([N+](=O)[O-])cc3)o2)s1. The number of nitro groups is 1. The summed E-state index contributed by atoms with van der Waals surface area (Å²) in [6.07, 6.45) is -0.747. The molecule has 0 saturated heterocycles.